The lowest BCUT2D eigenvalue weighted by Crippen LogP contribution is -2.24. The Bertz CT molecular complexity index is 890. The number of methoxy groups -OCH3 is 2. The van der Waals surface area contributed by atoms with Gasteiger partial charge in [0.1, 0.15) is 0 Å². The molecular formula is C24H25NO2. The first-order valence-electron chi connectivity index (χ1n) is 9.44. The van der Waals surface area contributed by atoms with Crippen LogP contribution in [0.5, 0.6) is 11.5 Å². The van der Waals surface area contributed by atoms with Crippen LogP contribution < -0.4 is 14.4 Å². The quantitative estimate of drug-likeness (QED) is 0.590. The first-order valence-corrected chi connectivity index (χ1v) is 9.44. The Morgan fingerprint density at radius 1 is 0.778 bits per heavy atom. The van der Waals surface area contributed by atoms with Crippen LogP contribution in [0.4, 0.5) is 11.4 Å². The van der Waals surface area contributed by atoms with Crippen molar-refractivity contribution in [2.45, 2.75) is 19.3 Å². The predicted molar refractivity (Wildman–Crippen MR) is 111 cm³/mol. The van der Waals surface area contributed by atoms with Gasteiger partial charge in [-0.3, -0.25) is 0 Å². The molecule has 1 heterocycles. The number of para-hydroxylation sites is 2. The Kier molecular flexibility index (Phi) is 5.01. The molecular weight excluding hydrogens is 334 g/mol. The van der Waals surface area contributed by atoms with E-state index in [4.69, 9.17) is 9.47 Å². The second-order valence-corrected chi connectivity index (χ2v) is 6.88. The summed E-state index contributed by atoms with van der Waals surface area (Å²) in [6, 6.07) is 23.7. The van der Waals surface area contributed by atoms with Crippen LogP contribution in [-0.2, 0) is 12.8 Å². The Balaban J connectivity index is 1.52. The molecule has 0 fully saturated rings. The maximum atomic E-state index is 5.43. The molecule has 0 unspecified atom stereocenters. The monoisotopic (exact) mass is 359 g/mol. The van der Waals surface area contributed by atoms with E-state index in [1.165, 1.54) is 28.1 Å². The number of nitrogens with zero attached hydrogens (tertiary/aromatic N) is 1. The molecule has 0 saturated carbocycles. The molecule has 1 aliphatic rings. The van der Waals surface area contributed by atoms with E-state index in [0.29, 0.717) is 0 Å². The molecule has 3 heteroatoms. The summed E-state index contributed by atoms with van der Waals surface area (Å²) in [5.41, 5.74) is 6.75. The molecule has 0 amide bonds. The standard InChI is InChI=1S/C24H25NO2/c1-26-23-14-13-18(16-24(23)27-2)8-7-15-25-21-11-5-3-9-19(21)17-20-10-4-6-12-22(20)25/h3-6,9-14,16H,7-8,15,17H2,1-2H3. The van der Waals surface area contributed by atoms with E-state index in [1.807, 2.05) is 6.07 Å². The van der Waals surface area contributed by atoms with Gasteiger partial charge in [0, 0.05) is 24.3 Å². The van der Waals surface area contributed by atoms with Crippen LogP contribution in [0.2, 0.25) is 0 Å². The summed E-state index contributed by atoms with van der Waals surface area (Å²) < 4.78 is 10.8. The van der Waals surface area contributed by atoms with Crippen LogP contribution >= 0.6 is 0 Å². The van der Waals surface area contributed by atoms with Crippen LogP contribution in [0.25, 0.3) is 0 Å². The number of fused-ring (bicyclic) bond motifs is 2. The summed E-state index contributed by atoms with van der Waals surface area (Å²) >= 11 is 0. The van der Waals surface area contributed by atoms with Gasteiger partial charge in [0.25, 0.3) is 0 Å². The van der Waals surface area contributed by atoms with E-state index >= 15 is 0 Å². The average molecular weight is 359 g/mol. The normalized spacial score (nSPS) is 12.3. The fourth-order valence-corrected chi connectivity index (χ4v) is 3.90. The highest BCUT2D eigenvalue weighted by molar-refractivity contribution is 5.74. The molecule has 0 aromatic heterocycles. The van der Waals surface area contributed by atoms with Crippen LogP contribution in [0.15, 0.2) is 66.7 Å². The highest BCUT2D eigenvalue weighted by Gasteiger charge is 2.21. The molecule has 1 aliphatic heterocycles. The van der Waals surface area contributed by atoms with E-state index in [0.717, 1.165) is 37.3 Å². The smallest absolute Gasteiger partial charge is 0.160 e. The molecule has 0 saturated heterocycles. The second-order valence-electron chi connectivity index (χ2n) is 6.88. The van der Waals surface area contributed by atoms with Crippen LogP contribution in [-0.4, -0.2) is 20.8 Å². The van der Waals surface area contributed by atoms with Crippen molar-refractivity contribution in [3.63, 3.8) is 0 Å². The molecule has 4 rings (SSSR count). The summed E-state index contributed by atoms with van der Waals surface area (Å²) in [7, 11) is 3.35. The van der Waals surface area contributed by atoms with Gasteiger partial charge in [0.2, 0.25) is 0 Å². The van der Waals surface area contributed by atoms with Crippen molar-refractivity contribution >= 4 is 11.4 Å². The Morgan fingerprint density at radius 3 is 2.04 bits per heavy atom. The van der Waals surface area contributed by atoms with E-state index in [1.54, 1.807) is 14.2 Å². The molecule has 0 spiro atoms. The van der Waals surface area contributed by atoms with Gasteiger partial charge < -0.3 is 14.4 Å². The van der Waals surface area contributed by atoms with Crippen LogP contribution in [0.3, 0.4) is 0 Å². The van der Waals surface area contributed by atoms with Crippen molar-refractivity contribution in [2.75, 3.05) is 25.7 Å². The van der Waals surface area contributed by atoms with Crippen LogP contribution in [0.1, 0.15) is 23.1 Å². The summed E-state index contributed by atoms with van der Waals surface area (Å²) in [5.74, 6) is 1.57. The number of ether oxygens (including phenoxy) is 2. The van der Waals surface area contributed by atoms with Gasteiger partial charge in [-0.2, -0.15) is 0 Å². The molecule has 0 aliphatic carbocycles. The van der Waals surface area contributed by atoms with Crippen molar-refractivity contribution in [1.82, 2.24) is 0 Å². The zero-order valence-electron chi connectivity index (χ0n) is 15.9. The zero-order chi connectivity index (χ0) is 18.6. The minimum Gasteiger partial charge on any atom is -0.493 e. The van der Waals surface area contributed by atoms with Gasteiger partial charge >= 0.3 is 0 Å². The second kappa shape index (κ2) is 7.75. The lowest BCUT2D eigenvalue weighted by Gasteiger charge is -2.33. The minimum absolute atomic E-state index is 0.778. The first kappa shape index (κ1) is 17.5. The highest BCUT2D eigenvalue weighted by atomic mass is 16.5. The largest absolute Gasteiger partial charge is 0.493 e. The van der Waals surface area contributed by atoms with Crippen molar-refractivity contribution in [3.05, 3.63) is 83.4 Å². The third-order valence-electron chi connectivity index (χ3n) is 5.24. The summed E-state index contributed by atoms with van der Waals surface area (Å²) in [4.78, 5) is 2.47. The van der Waals surface area contributed by atoms with E-state index < -0.39 is 0 Å². The lowest BCUT2D eigenvalue weighted by molar-refractivity contribution is 0.354. The zero-order valence-corrected chi connectivity index (χ0v) is 15.9. The van der Waals surface area contributed by atoms with Gasteiger partial charge in [-0.15, -0.1) is 0 Å². The number of hydrogen-bond donors (Lipinski definition) is 0. The van der Waals surface area contributed by atoms with Crippen molar-refractivity contribution < 1.29 is 9.47 Å². The van der Waals surface area contributed by atoms with E-state index in [9.17, 15) is 0 Å². The first-order chi connectivity index (χ1) is 13.3. The van der Waals surface area contributed by atoms with Gasteiger partial charge in [-0.1, -0.05) is 42.5 Å². The molecule has 0 radical (unpaired) electrons. The number of benzene rings is 3. The number of aryl methyl sites for hydroxylation is 1. The molecule has 3 aromatic carbocycles. The SMILES string of the molecule is COc1ccc(CCCN2c3ccccc3Cc3ccccc32)cc1OC. The molecule has 0 N–H and O–H groups in total. The predicted octanol–water partition coefficient (Wildman–Crippen LogP) is 5.38. The number of hydrogen-bond acceptors (Lipinski definition) is 3. The fraction of sp³-hybridized carbons (Fsp3) is 0.250. The molecule has 138 valence electrons. The molecule has 3 nitrogen and oxygen atoms in total. The Morgan fingerprint density at radius 2 is 1.41 bits per heavy atom. The summed E-state index contributed by atoms with van der Waals surface area (Å²) in [5, 5.41) is 0. The molecule has 0 bridgehead atoms. The molecule has 27 heavy (non-hydrogen) atoms. The molecule has 0 atom stereocenters. The fourth-order valence-electron chi connectivity index (χ4n) is 3.90. The van der Waals surface area contributed by atoms with E-state index in [-0.39, 0.29) is 0 Å². The summed E-state index contributed by atoms with van der Waals surface area (Å²) in [6.45, 7) is 0.988. The minimum atomic E-state index is 0.778. The maximum absolute atomic E-state index is 5.43. The number of anilines is 2. The van der Waals surface area contributed by atoms with Gasteiger partial charge in [-0.05, 0) is 53.8 Å². The maximum Gasteiger partial charge on any atom is 0.160 e. The third-order valence-corrected chi connectivity index (χ3v) is 5.24. The van der Waals surface area contributed by atoms with Gasteiger partial charge in [0.15, 0.2) is 11.5 Å². The lowest BCUT2D eigenvalue weighted by atomic mass is 9.95. The number of rotatable bonds is 6. The topological polar surface area (TPSA) is 21.7 Å². The van der Waals surface area contributed by atoms with Crippen LogP contribution in [0, 0.1) is 0 Å². The molecule has 3 aromatic rings. The Hall–Kier alpha value is -2.94. The Labute approximate surface area is 161 Å². The van der Waals surface area contributed by atoms with E-state index in [2.05, 4.69) is 65.6 Å². The van der Waals surface area contributed by atoms with Gasteiger partial charge in [-0.25, -0.2) is 0 Å². The third kappa shape index (κ3) is 3.50. The van der Waals surface area contributed by atoms with Crippen molar-refractivity contribution in [2.24, 2.45) is 0 Å². The summed E-state index contributed by atoms with van der Waals surface area (Å²) in [6.07, 6.45) is 3.08. The van der Waals surface area contributed by atoms with Crippen molar-refractivity contribution in [3.8, 4) is 11.5 Å². The highest BCUT2D eigenvalue weighted by Crippen LogP contribution is 2.38. The average Bonchev–Trinajstić information content (AvgIpc) is 2.73. The van der Waals surface area contributed by atoms with Gasteiger partial charge in [0.05, 0.1) is 14.2 Å². The van der Waals surface area contributed by atoms with Crippen molar-refractivity contribution in [1.29, 1.82) is 0 Å².